The third-order valence-electron chi connectivity index (χ3n) is 1.83. The van der Waals surface area contributed by atoms with E-state index in [9.17, 15) is 0 Å². The van der Waals surface area contributed by atoms with Crippen molar-refractivity contribution in [2.75, 3.05) is 11.9 Å². The highest BCUT2D eigenvalue weighted by Crippen LogP contribution is 2.43. The molecular weight excluding hydrogens is 156 g/mol. The van der Waals surface area contributed by atoms with E-state index in [-0.39, 0.29) is 0 Å². The average Bonchev–Trinajstić information content (AvgIpc) is 2.75. The average molecular weight is 168 g/mol. The Balaban J connectivity index is 2.06. The van der Waals surface area contributed by atoms with E-state index >= 15 is 0 Å². The molecular formula is C8H12N2S. The van der Waals surface area contributed by atoms with Gasteiger partial charge in [-0.1, -0.05) is 0 Å². The Morgan fingerprint density at radius 2 is 2.55 bits per heavy atom. The number of nitrogens with zero attached hydrogens (tertiary/aromatic N) is 1. The molecule has 0 spiro atoms. The van der Waals surface area contributed by atoms with E-state index in [1.165, 1.54) is 17.7 Å². The second-order valence-corrected chi connectivity index (χ2v) is 3.93. The Labute approximate surface area is 70.7 Å². The lowest BCUT2D eigenvalue weighted by molar-refractivity contribution is 1.15. The van der Waals surface area contributed by atoms with Gasteiger partial charge in [-0.25, -0.2) is 4.98 Å². The second kappa shape index (κ2) is 2.81. The molecule has 60 valence electrons. The number of aromatic nitrogens is 1. The van der Waals surface area contributed by atoms with E-state index < -0.39 is 0 Å². The molecule has 0 radical (unpaired) electrons. The van der Waals surface area contributed by atoms with E-state index in [2.05, 4.69) is 17.2 Å². The zero-order valence-electron chi connectivity index (χ0n) is 6.63. The molecule has 0 bridgehead atoms. The van der Waals surface area contributed by atoms with E-state index in [1.807, 2.05) is 6.20 Å². The van der Waals surface area contributed by atoms with Crippen LogP contribution in [-0.2, 0) is 0 Å². The van der Waals surface area contributed by atoms with E-state index in [4.69, 9.17) is 0 Å². The van der Waals surface area contributed by atoms with Crippen LogP contribution in [0.4, 0.5) is 5.13 Å². The second-order valence-electron chi connectivity index (χ2n) is 2.87. The largest absolute Gasteiger partial charge is 0.362 e. The van der Waals surface area contributed by atoms with Crippen LogP contribution in [0.25, 0.3) is 0 Å². The number of anilines is 1. The zero-order chi connectivity index (χ0) is 7.68. The fourth-order valence-corrected chi connectivity index (χ4v) is 2.13. The van der Waals surface area contributed by atoms with Crippen molar-refractivity contribution < 1.29 is 0 Å². The number of nitrogens with one attached hydrogen (secondary N) is 1. The summed E-state index contributed by atoms with van der Waals surface area (Å²) in [6.45, 7) is 3.07. The minimum absolute atomic E-state index is 0.847. The van der Waals surface area contributed by atoms with E-state index in [1.54, 1.807) is 11.3 Å². The molecule has 2 rings (SSSR count). The Bertz CT molecular complexity index is 240. The van der Waals surface area contributed by atoms with Gasteiger partial charge in [0.1, 0.15) is 0 Å². The maximum Gasteiger partial charge on any atom is 0.182 e. The van der Waals surface area contributed by atoms with Crippen molar-refractivity contribution in [3.05, 3.63) is 11.1 Å². The summed E-state index contributed by atoms with van der Waals surface area (Å²) in [5.74, 6) is 0.847. The van der Waals surface area contributed by atoms with Crippen LogP contribution in [0.2, 0.25) is 0 Å². The fraction of sp³-hybridized carbons (Fsp3) is 0.625. The highest BCUT2D eigenvalue weighted by Gasteiger charge is 2.25. The number of rotatable bonds is 3. The van der Waals surface area contributed by atoms with Gasteiger partial charge in [-0.2, -0.15) is 0 Å². The molecule has 1 saturated carbocycles. The van der Waals surface area contributed by atoms with Crippen LogP contribution in [-0.4, -0.2) is 11.5 Å². The molecule has 0 atom stereocenters. The Hall–Kier alpha value is -0.570. The smallest absolute Gasteiger partial charge is 0.182 e. The Morgan fingerprint density at radius 1 is 1.73 bits per heavy atom. The molecule has 2 nitrogen and oxygen atoms in total. The first kappa shape index (κ1) is 7.10. The maximum atomic E-state index is 4.27. The van der Waals surface area contributed by atoms with Gasteiger partial charge in [-0.15, -0.1) is 11.3 Å². The molecule has 1 aliphatic rings. The molecule has 1 N–H and O–H groups in total. The molecule has 11 heavy (non-hydrogen) atoms. The third-order valence-corrected chi connectivity index (χ3v) is 2.95. The SMILES string of the molecule is CCNc1ncc(C2CC2)s1. The molecule has 1 aromatic rings. The Morgan fingerprint density at radius 3 is 3.18 bits per heavy atom. The fourth-order valence-electron chi connectivity index (χ4n) is 1.08. The molecule has 0 aromatic carbocycles. The van der Waals surface area contributed by atoms with Crippen LogP contribution in [0, 0.1) is 0 Å². The van der Waals surface area contributed by atoms with Crippen LogP contribution in [0.1, 0.15) is 30.6 Å². The quantitative estimate of drug-likeness (QED) is 0.750. The minimum atomic E-state index is 0.847. The summed E-state index contributed by atoms with van der Waals surface area (Å²) in [6.07, 6.45) is 4.75. The third kappa shape index (κ3) is 1.53. The zero-order valence-corrected chi connectivity index (χ0v) is 7.45. The molecule has 1 heterocycles. The lowest BCUT2D eigenvalue weighted by Crippen LogP contribution is -1.94. The van der Waals surface area contributed by atoms with Crippen molar-refractivity contribution in [1.82, 2.24) is 4.98 Å². The minimum Gasteiger partial charge on any atom is -0.362 e. The number of hydrogen-bond acceptors (Lipinski definition) is 3. The first-order chi connectivity index (χ1) is 5.40. The number of hydrogen-bond donors (Lipinski definition) is 1. The summed E-state index contributed by atoms with van der Waals surface area (Å²) < 4.78 is 0. The summed E-state index contributed by atoms with van der Waals surface area (Å²) in [4.78, 5) is 5.73. The summed E-state index contributed by atoms with van der Waals surface area (Å²) in [7, 11) is 0. The first-order valence-corrected chi connectivity index (χ1v) is 4.91. The van der Waals surface area contributed by atoms with Gasteiger partial charge in [0, 0.05) is 17.6 Å². The molecule has 1 fully saturated rings. The van der Waals surface area contributed by atoms with Gasteiger partial charge in [0.25, 0.3) is 0 Å². The molecule has 3 heteroatoms. The van der Waals surface area contributed by atoms with Crippen molar-refractivity contribution >= 4 is 16.5 Å². The van der Waals surface area contributed by atoms with Crippen LogP contribution < -0.4 is 5.32 Å². The van der Waals surface area contributed by atoms with Gasteiger partial charge in [-0.05, 0) is 25.7 Å². The standard InChI is InChI=1S/C8H12N2S/c1-2-9-8-10-5-7(11-8)6-3-4-6/h5-6H,2-4H2,1H3,(H,9,10). The van der Waals surface area contributed by atoms with Crippen molar-refractivity contribution in [3.8, 4) is 0 Å². The predicted octanol–water partition coefficient (Wildman–Crippen LogP) is 2.45. The van der Waals surface area contributed by atoms with Gasteiger partial charge in [0.05, 0.1) is 0 Å². The molecule has 1 aromatic heterocycles. The summed E-state index contributed by atoms with van der Waals surface area (Å²) in [5, 5.41) is 4.30. The molecule has 0 aliphatic heterocycles. The summed E-state index contributed by atoms with van der Waals surface area (Å²) in [5.41, 5.74) is 0. The van der Waals surface area contributed by atoms with Gasteiger partial charge >= 0.3 is 0 Å². The highest BCUT2D eigenvalue weighted by atomic mass is 32.1. The van der Waals surface area contributed by atoms with Crippen molar-refractivity contribution in [1.29, 1.82) is 0 Å². The van der Waals surface area contributed by atoms with E-state index in [0.29, 0.717) is 0 Å². The lowest BCUT2D eigenvalue weighted by atomic mass is 10.4. The monoisotopic (exact) mass is 168 g/mol. The van der Waals surface area contributed by atoms with Gasteiger partial charge < -0.3 is 5.32 Å². The Kier molecular flexibility index (Phi) is 1.82. The molecule has 1 aliphatic carbocycles. The normalized spacial score (nSPS) is 16.8. The van der Waals surface area contributed by atoms with Gasteiger partial charge in [0.15, 0.2) is 5.13 Å². The van der Waals surface area contributed by atoms with E-state index in [0.717, 1.165) is 17.6 Å². The van der Waals surface area contributed by atoms with Crippen molar-refractivity contribution in [2.24, 2.45) is 0 Å². The van der Waals surface area contributed by atoms with Gasteiger partial charge in [-0.3, -0.25) is 0 Å². The first-order valence-electron chi connectivity index (χ1n) is 4.09. The summed E-state index contributed by atoms with van der Waals surface area (Å²) >= 11 is 1.81. The highest BCUT2D eigenvalue weighted by molar-refractivity contribution is 7.15. The van der Waals surface area contributed by atoms with Crippen LogP contribution in [0.3, 0.4) is 0 Å². The molecule has 0 unspecified atom stereocenters. The lowest BCUT2D eigenvalue weighted by Gasteiger charge is -1.92. The molecule has 0 amide bonds. The maximum absolute atomic E-state index is 4.27. The van der Waals surface area contributed by atoms with Crippen molar-refractivity contribution in [2.45, 2.75) is 25.7 Å². The van der Waals surface area contributed by atoms with Gasteiger partial charge in [0.2, 0.25) is 0 Å². The van der Waals surface area contributed by atoms with Crippen molar-refractivity contribution in [3.63, 3.8) is 0 Å². The number of thiazole rings is 1. The molecule has 0 saturated heterocycles. The summed E-state index contributed by atoms with van der Waals surface area (Å²) in [6, 6.07) is 0. The van der Waals surface area contributed by atoms with Crippen LogP contribution in [0.5, 0.6) is 0 Å². The van der Waals surface area contributed by atoms with Crippen LogP contribution >= 0.6 is 11.3 Å². The predicted molar refractivity (Wildman–Crippen MR) is 48.3 cm³/mol. The topological polar surface area (TPSA) is 24.9 Å². The van der Waals surface area contributed by atoms with Crippen LogP contribution in [0.15, 0.2) is 6.20 Å².